The van der Waals surface area contributed by atoms with E-state index in [1.807, 2.05) is 60.7 Å². The Bertz CT molecular complexity index is 1080. The van der Waals surface area contributed by atoms with E-state index < -0.39 is 0 Å². The molecule has 4 aromatic rings. The van der Waals surface area contributed by atoms with Crippen molar-refractivity contribution in [2.24, 2.45) is 0 Å². The summed E-state index contributed by atoms with van der Waals surface area (Å²) in [6, 6.07) is 28.8. The van der Waals surface area contributed by atoms with E-state index in [0.29, 0.717) is 11.4 Å². The zero-order chi connectivity index (χ0) is 18.6. The van der Waals surface area contributed by atoms with Crippen LogP contribution in [0.2, 0.25) is 0 Å². The molecule has 0 unspecified atom stereocenters. The van der Waals surface area contributed by atoms with E-state index in [1.165, 1.54) is 0 Å². The first-order valence-electron chi connectivity index (χ1n) is 8.65. The third-order valence-electron chi connectivity index (χ3n) is 4.38. The Morgan fingerprint density at radius 1 is 0.815 bits per heavy atom. The van der Waals surface area contributed by atoms with Gasteiger partial charge in [0.15, 0.2) is 4.77 Å². The third kappa shape index (κ3) is 3.89. The van der Waals surface area contributed by atoms with Gasteiger partial charge in [0.2, 0.25) is 0 Å². The minimum atomic E-state index is 0.577. The molecule has 0 bridgehead atoms. The molecule has 134 valence electrons. The maximum absolute atomic E-state index is 5.66. The number of nitrogens with zero attached hydrogens (tertiary/aromatic N) is 1. The maximum atomic E-state index is 5.66. The minimum Gasteiger partial charge on any atom is -0.367 e. The summed E-state index contributed by atoms with van der Waals surface area (Å²) >= 11 is 9.13. The van der Waals surface area contributed by atoms with Gasteiger partial charge in [-0.1, -0.05) is 76.6 Å². The van der Waals surface area contributed by atoms with E-state index in [-0.39, 0.29) is 0 Å². The van der Waals surface area contributed by atoms with Gasteiger partial charge in [-0.25, -0.2) is 0 Å². The summed E-state index contributed by atoms with van der Waals surface area (Å²) in [6.45, 7) is 0.577. The molecule has 0 saturated heterocycles. The monoisotopic (exact) mass is 435 g/mol. The number of benzene rings is 3. The van der Waals surface area contributed by atoms with Crippen molar-refractivity contribution in [2.75, 3.05) is 5.32 Å². The van der Waals surface area contributed by atoms with Crippen molar-refractivity contribution < 1.29 is 0 Å². The molecule has 0 atom stereocenters. The predicted molar refractivity (Wildman–Crippen MR) is 118 cm³/mol. The Hall–Kier alpha value is -2.63. The zero-order valence-corrected chi connectivity index (χ0v) is 16.9. The molecule has 0 aliphatic rings. The molecular formula is C22H18BrN3S. The molecule has 1 heterocycles. The number of nitrogens with one attached hydrogen (secondary N) is 2. The lowest BCUT2D eigenvalue weighted by molar-refractivity contribution is 0.769. The Kier molecular flexibility index (Phi) is 5.23. The average molecular weight is 436 g/mol. The zero-order valence-electron chi connectivity index (χ0n) is 14.5. The summed E-state index contributed by atoms with van der Waals surface area (Å²) in [4.78, 5) is 3.40. The highest BCUT2D eigenvalue weighted by atomic mass is 79.9. The van der Waals surface area contributed by atoms with E-state index in [9.17, 15) is 0 Å². The molecule has 27 heavy (non-hydrogen) atoms. The van der Waals surface area contributed by atoms with Crippen LogP contribution in [0.5, 0.6) is 0 Å². The van der Waals surface area contributed by atoms with Crippen molar-refractivity contribution in [2.45, 2.75) is 6.67 Å². The highest BCUT2D eigenvalue weighted by Crippen LogP contribution is 2.31. The normalized spacial score (nSPS) is 10.7. The Morgan fingerprint density at radius 3 is 2.04 bits per heavy atom. The van der Waals surface area contributed by atoms with Crippen molar-refractivity contribution >= 4 is 33.8 Å². The van der Waals surface area contributed by atoms with Crippen LogP contribution in [0, 0.1) is 4.77 Å². The second-order valence-corrected chi connectivity index (χ2v) is 7.46. The van der Waals surface area contributed by atoms with Gasteiger partial charge in [0.25, 0.3) is 0 Å². The summed E-state index contributed by atoms with van der Waals surface area (Å²) in [5.41, 5.74) is 5.40. The fraction of sp³-hybridized carbons (Fsp3) is 0.0455. The molecule has 5 heteroatoms. The van der Waals surface area contributed by atoms with E-state index in [2.05, 4.69) is 55.1 Å². The van der Waals surface area contributed by atoms with Gasteiger partial charge in [0.05, 0.1) is 18.1 Å². The second-order valence-electron chi connectivity index (χ2n) is 6.16. The predicted octanol–water partition coefficient (Wildman–Crippen LogP) is 6.71. The van der Waals surface area contributed by atoms with Crippen LogP contribution in [-0.2, 0) is 6.67 Å². The summed E-state index contributed by atoms with van der Waals surface area (Å²) in [6.07, 6.45) is 0. The number of anilines is 1. The van der Waals surface area contributed by atoms with Crippen LogP contribution in [0.1, 0.15) is 0 Å². The van der Waals surface area contributed by atoms with Crippen molar-refractivity contribution in [3.05, 3.63) is 94.2 Å². The largest absolute Gasteiger partial charge is 0.367 e. The Labute approximate surface area is 171 Å². The minimum absolute atomic E-state index is 0.577. The number of imidazole rings is 1. The summed E-state index contributed by atoms with van der Waals surface area (Å²) in [5, 5.41) is 3.46. The number of rotatable bonds is 5. The van der Waals surface area contributed by atoms with Gasteiger partial charge in [-0.2, -0.15) is 0 Å². The van der Waals surface area contributed by atoms with Gasteiger partial charge < -0.3 is 10.3 Å². The van der Waals surface area contributed by atoms with E-state index >= 15 is 0 Å². The molecule has 1 aromatic heterocycles. The topological polar surface area (TPSA) is 32.8 Å². The molecule has 0 amide bonds. The van der Waals surface area contributed by atoms with Crippen molar-refractivity contribution in [1.82, 2.24) is 9.55 Å². The van der Waals surface area contributed by atoms with Gasteiger partial charge in [-0.3, -0.25) is 4.57 Å². The lowest BCUT2D eigenvalue weighted by atomic mass is 10.0. The van der Waals surface area contributed by atoms with E-state index in [0.717, 1.165) is 32.7 Å². The number of H-pyrrole nitrogens is 1. The number of aromatic nitrogens is 2. The van der Waals surface area contributed by atoms with Crippen molar-refractivity contribution in [3.63, 3.8) is 0 Å². The average Bonchev–Trinajstić information content (AvgIpc) is 3.05. The molecule has 0 radical (unpaired) electrons. The Balaban J connectivity index is 1.77. The van der Waals surface area contributed by atoms with Gasteiger partial charge in [-0.15, -0.1) is 0 Å². The van der Waals surface area contributed by atoms with Crippen LogP contribution in [-0.4, -0.2) is 9.55 Å². The molecule has 3 aromatic carbocycles. The maximum Gasteiger partial charge on any atom is 0.179 e. The number of halogens is 1. The molecule has 0 aliphatic heterocycles. The van der Waals surface area contributed by atoms with E-state index in [1.54, 1.807) is 0 Å². The lowest BCUT2D eigenvalue weighted by Gasteiger charge is -2.13. The van der Waals surface area contributed by atoms with E-state index in [4.69, 9.17) is 12.2 Å². The van der Waals surface area contributed by atoms with Crippen LogP contribution in [0.4, 0.5) is 5.69 Å². The Morgan fingerprint density at radius 2 is 1.41 bits per heavy atom. The van der Waals surface area contributed by atoms with Crippen LogP contribution >= 0.6 is 28.1 Å². The smallest absolute Gasteiger partial charge is 0.179 e. The van der Waals surface area contributed by atoms with Crippen molar-refractivity contribution in [3.8, 4) is 22.5 Å². The number of hydrogen-bond acceptors (Lipinski definition) is 2. The second kappa shape index (κ2) is 7.94. The standard InChI is InChI=1S/C22H18BrN3S/c23-18-11-13-19(14-12-18)24-15-26-21(17-9-5-2-6-10-17)20(25-22(26)27)16-7-3-1-4-8-16/h1-14,24H,15H2,(H,25,27). The molecular weight excluding hydrogens is 418 g/mol. The molecule has 0 spiro atoms. The van der Waals surface area contributed by atoms with Gasteiger partial charge >= 0.3 is 0 Å². The van der Waals surface area contributed by atoms with Gasteiger partial charge in [0.1, 0.15) is 0 Å². The highest BCUT2D eigenvalue weighted by molar-refractivity contribution is 9.10. The summed E-state index contributed by atoms with van der Waals surface area (Å²) < 4.78 is 3.86. The number of aromatic amines is 1. The van der Waals surface area contributed by atoms with Crippen LogP contribution in [0.15, 0.2) is 89.4 Å². The van der Waals surface area contributed by atoms with Crippen molar-refractivity contribution in [1.29, 1.82) is 0 Å². The highest BCUT2D eigenvalue weighted by Gasteiger charge is 2.15. The third-order valence-corrected chi connectivity index (χ3v) is 5.23. The number of hydrogen-bond donors (Lipinski definition) is 2. The van der Waals surface area contributed by atoms with Crippen LogP contribution in [0.25, 0.3) is 22.5 Å². The molecule has 0 fully saturated rings. The van der Waals surface area contributed by atoms with Crippen LogP contribution in [0.3, 0.4) is 0 Å². The quantitative estimate of drug-likeness (QED) is 0.341. The first-order chi connectivity index (χ1) is 13.2. The van der Waals surface area contributed by atoms with Gasteiger partial charge in [0, 0.05) is 21.3 Å². The molecule has 3 nitrogen and oxygen atoms in total. The first-order valence-corrected chi connectivity index (χ1v) is 9.85. The summed E-state index contributed by atoms with van der Waals surface area (Å²) in [7, 11) is 0. The lowest BCUT2D eigenvalue weighted by Crippen LogP contribution is -2.09. The SMILES string of the molecule is S=c1[nH]c(-c2ccccc2)c(-c2ccccc2)n1CNc1ccc(Br)cc1. The first kappa shape index (κ1) is 17.8. The fourth-order valence-corrected chi connectivity index (χ4v) is 3.59. The molecule has 4 rings (SSSR count). The van der Waals surface area contributed by atoms with Crippen LogP contribution < -0.4 is 5.32 Å². The fourth-order valence-electron chi connectivity index (χ4n) is 3.07. The van der Waals surface area contributed by atoms with Gasteiger partial charge in [-0.05, 0) is 36.5 Å². The molecule has 2 N–H and O–H groups in total. The molecule has 0 aliphatic carbocycles. The summed E-state index contributed by atoms with van der Waals surface area (Å²) in [5.74, 6) is 0. The molecule has 0 saturated carbocycles.